The maximum atomic E-state index is 13.2. The van der Waals surface area contributed by atoms with Gasteiger partial charge in [0.05, 0.1) is 4.90 Å². The SMILES string of the molecule is CCN1CCN(C(=O)c2ccc(C)c(S(=O)(=O)N3CCCCCC3)c2)CC1. The molecule has 0 unspecified atom stereocenters. The van der Waals surface area contributed by atoms with Crippen LogP contribution in [-0.2, 0) is 10.0 Å². The van der Waals surface area contributed by atoms with E-state index in [4.69, 9.17) is 0 Å². The number of piperazine rings is 1. The zero-order valence-electron chi connectivity index (χ0n) is 16.5. The molecular formula is C20H31N3O3S. The Morgan fingerprint density at radius 3 is 2.19 bits per heavy atom. The molecule has 0 spiro atoms. The molecule has 0 aromatic heterocycles. The normalized spacial score (nSPS) is 20.4. The molecule has 0 radical (unpaired) electrons. The predicted molar refractivity (Wildman–Crippen MR) is 106 cm³/mol. The van der Waals surface area contributed by atoms with E-state index >= 15 is 0 Å². The summed E-state index contributed by atoms with van der Waals surface area (Å²) in [7, 11) is -3.56. The highest BCUT2D eigenvalue weighted by molar-refractivity contribution is 7.89. The lowest BCUT2D eigenvalue weighted by atomic mass is 10.1. The molecule has 6 nitrogen and oxygen atoms in total. The average molecular weight is 394 g/mol. The number of benzene rings is 1. The molecule has 1 amide bonds. The smallest absolute Gasteiger partial charge is 0.253 e. The van der Waals surface area contributed by atoms with Crippen molar-refractivity contribution in [2.45, 2.75) is 44.4 Å². The lowest BCUT2D eigenvalue weighted by Gasteiger charge is -2.34. The van der Waals surface area contributed by atoms with Gasteiger partial charge in [0.1, 0.15) is 0 Å². The van der Waals surface area contributed by atoms with Crippen molar-refractivity contribution in [3.63, 3.8) is 0 Å². The van der Waals surface area contributed by atoms with Gasteiger partial charge in [0, 0.05) is 44.8 Å². The fraction of sp³-hybridized carbons (Fsp3) is 0.650. The molecule has 0 saturated carbocycles. The number of rotatable bonds is 4. The second-order valence-corrected chi connectivity index (χ2v) is 9.43. The van der Waals surface area contributed by atoms with Crippen LogP contribution < -0.4 is 0 Å². The molecule has 2 heterocycles. The minimum Gasteiger partial charge on any atom is -0.336 e. The molecule has 0 atom stereocenters. The molecule has 27 heavy (non-hydrogen) atoms. The van der Waals surface area contributed by atoms with E-state index in [1.54, 1.807) is 29.4 Å². The third kappa shape index (κ3) is 4.52. The second kappa shape index (κ2) is 8.71. The summed E-state index contributed by atoms with van der Waals surface area (Å²) in [5.74, 6) is -0.0712. The summed E-state index contributed by atoms with van der Waals surface area (Å²) >= 11 is 0. The Kier molecular flexibility index (Phi) is 6.55. The molecular weight excluding hydrogens is 362 g/mol. The van der Waals surface area contributed by atoms with Crippen molar-refractivity contribution in [1.82, 2.24) is 14.1 Å². The van der Waals surface area contributed by atoms with E-state index in [9.17, 15) is 13.2 Å². The van der Waals surface area contributed by atoms with Crippen LogP contribution in [0.4, 0.5) is 0 Å². The minimum absolute atomic E-state index is 0.0712. The van der Waals surface area contributed by atoms with Crippen molar-refractivity contribution in [3.8, 4) is 0 Å². The Morgan fingerprint density at radius 1 is 0.963 bits per heavy atom. The number of nitrogens with zero attached hydrogens (tertiary/aromatic N) is 3. The molecule has 2 fully saturated rings. The largest absolute Gasteiger partial charge is 0.336 e. The maximum absolute atomic E-state index is 13.2. The third-order valence-corrected chi connectivity index (χ3v) is 7.77. The molecule has 1 aromatic carbocycles. The number of carbonyl (C=O) groups is 1. The Hall–Kier alpha value is -1.44. The Morgan fingerprint density at radius 2 is 1.59 bits per heavy atom. The monoisotopic (exact) mass is 393 g/mol. The molecule has 0 bridgehead atoms. The highest BCUT2D eigenvalue weighted by Gasteiger charge is 2.28. The van der Waals surface area contributed by atoms with Crippen LogP contribution in [0, 0.1) is 6.92 Å². The third-order valence-electron chi connectivity index (χ3n) is 5.72. The van der Waals surface area contributed by atoms with Gasteiger partial charge in [-0.2, -0.15) is 4.31 Å². The Bertz CT molecular complexity index is 763. The Labute approximate surface area is 163 Å². The van der Waals surface area contributed by atoms with Crippen LogP contribution in [-0.4, -0.2) is 74.2 Å². The first-order valence-corrected chi connectivity index (χ1v) is 11.5. The van der Waals surface area contributed by atoms with E-state index in [1.165, 1.54) is 0 Å². The maximum Gasteiger partial charge on any atom is 0.253 e. The van der Waals surface area contributed by atoms with Gasteiger partial charge in [-0.1, -0.05) is 25.8 Å². The van der Waals surface area contributed by atoms with Gasteiger partial charge in [0.2, 0.25) is 10.0 Å². The van der Waals surface area contributed by atoms with E-state index in [1.807, 2.05) is 4.90 Å². The van der Waals surface area contributed by atoms with Crippen molar-refractivity contribution in [2.24, 2.45) is 0 Å². The highest BCUT2D eigenvalue weighted by Crippen LogP contribution is 2.25. The summed E-state index contributed by atoms with van der Waals surface area (Å²) in [6.07, 6.45) is 3.96. The number of amides is 1. The van der Waals surface area contributed by atoms with E-state index in [0.717, 1.165) is 45.3 Å². The summed E-state index contributed by atoms with van der Waals surface area (Å²) in [6.45, 7) is 9.17. The van der Waals surface area contributed by atoms with Gasteiger partial charge >= 0.3 is 0 Å². The molecule has 2 aliphatic rings. The van der Waals surface area contributed by atoms with E-state index in [2.05, 4.69) is 11.8 Å². The molecule has 150 valence electrons. The minimum atomic E-state index is -3.56. The number of hydrogen-bond acceptors (Lipinski definition) is 4. The van der Waals surface area contributed by atoms with Crippen LogP contribution in [0.2, 0.25) is 0 Å². The van der Waals surface area contributed by atoms with E-state index in [-0.39, 0.29) is 10.8 Å². The number of likely N-dealkylation sites (N-methyl/N-ethyl adjacent to an activating group) is 1. The van der Waals surface area contributed by atoms with Gasteiger partial charge in [-0.15, -0.1) is 0 Å². The molecule has 7 heteroatoms. The zero-order valence-corrected chi connectivity index (χ0v) is 17.3. The fourth-order valence-electron chi connectivity index (χ4n) is 3.88. The van der Waals surface area contributed by atoms with Crippen LogP contribution in [0.1, 0.15) is 48.5 Å². The Balaban J connectivity index is 1.82. The summed E-state index contributed by atoms with van der Waals surface area (Å²) < 4.78 is 28.0. The molecule has 2 saturated heterocycles. The number of sulfonamides is 1. The summed E-state index contributed by atoms with van der Waals surface area (Å²) in [4.78, 5) is 17.3. The quantitative estimate of drug-likeness (QED) is 0.788. The first-order valence-electron chi connectivity index (χ1n) is 10.1. The molecule has 0 aliphatic carbocycles. The fourth-order valence-corrected chi connectivity index (χ4v) is 5.65. The van der Waals surface area contributed by atoms with Crippen LogP contribution in [0.25, 0.3) is 0 Å². The van der Waals surface area contributed by atoms with Crippen LogP contribution in [0.3, 0.4) is 0 Å². The second-order valence-electron chi connectivity index (χ2n) is 7.53. The molecule has 1 aromatic rings. The van der Waals surface area contributed by atoms with Gasteiger partial charge in [0.15, 0.2) is 0 Å². The van der Waals surface area contributed by atoms with Gasteiger partial charge < -0.3 is 9.80 Å². The first kappa shape index (κ1) is 20.3. The topological polar surface area (TPSA) is 60.9 Å². The molecule has 2 aliphatic heterocycles. The van der Waals surface area contributed by atoms with Crippen molar-refractivity contribution in [3.05, 3.63) is 29.3 Å². The predicted octanol–water partition coefficient (Wildman–Crippen LogP) is 2.34. The standard InChI is InChI=1S/C20H31N3O3S/c1-3-21-12-14-22(15-13-21)20(24)18-9-8-17(2)19(16-18)27(25,26)23-10-6-4-5-7-11-23/h8-9,16H,3-7,10-15H2,1-2H3. The number of hydrogen-bond donors (Lipinski definition) is 0. The summed E-state index contributed by atoms with van der Waals surface area (Å²) in [6, 6.07) is 5.11. The number of carbonyl (C=O) groups excluding carboxylic acids is 1. The first-order chi connectivity index (χ1) is 12.9. The van der Waals surface area contributed by atoms with Crippen LogP contribution in [0.15, 0.2) is 23.1 Å². The van der Waals surface area contributed by atoms with Crippen LogP contribution in [0.5, 0.6) is 0 Å². The lowest BCUT2D eigenvalue weighted by Crippen LogP contribution is -2.48. The van der Waals surface area contributed by atoms with E-state index < -0.39 is 10.0 Å². The molecule has 3 rings (SSSR count). The van der Waals surface area contributed by atoms with Crippen molar-refractivity contribution < 1.29 is 13.2 Å². The lowest BCUT2D eigenvalue weighted by molar-refractivity contribution is 0.0643. The average Bonchev–Trinajstić information content (AvgIpc) is 2.98. The molecule has 0 N–H and O–H groups in total. The van der Waals surface area contributed by atoms with Gasteiger partial charge in [-0.05, 0) is 44.0 Å². The summed E-state index contributed by atoms with van der Waals surface area (Å²) in [5.41, 5.74) is 1.17. The van der Waals surface area contributed by atoms with Crippen molar-refractivity contribution >= 4 is 15.9 Å². The van der Waals surface area contributed by atoms with E-state index in [0.29, 0.717) is 37.3 Å². The van der Waals surface area contributed by atoms with Gasteiger partial charge in [-0.25, -0.2) is 8.42 Å². The zero-order chi connectivity index (χ0) is 19.4. The van der Waals surface area contributed by atoms with Crippen molar-refractivity contribution in [1.29, 1.82) is 0 Å². The number of aryl methyl sites for hydroxylation is 1. The summed E-state index contributed by atoms with van der Waals surface area (Å²) in [5, 5.41) is 0. The van der Waals surface area contributed by atoms with Crippen LogP contribution >= 0.6 is 0 Å². The van der Waals surface area contributed by atoms with Gasteiger partial charge in [-0.3, -0.25) is 4.79 Å². The highest BCUT2D eigenvalue weighted by atomic mass is 32.2. The van der Waals surface area contributed by atoms with Crippen molar-refractivity contribution in [2.75, 3.05) is 45.8 Å². The van der Waals surface area contributed by atoms with Gasteiger partial charge in [0.25, 0.3) is 5.91 Å².